The Balaban J connectivity index is -0.0000000122. The molecular weight excluding hydrogens is 428 g/mol. The van der Waals surface area contributed by atoms with E-state index in [0.717, 1.165) is 38.5 Å². The van der Waals surface area contributed by atoms with Crippen molar-refractivity contribution < 1.29 is 13.6 Å². The van der Waals surface area contributed by atoms with E-state index in [0.29, 0.717) is 0 Å². The van der Waals surface area contributed by atoms with Crippen LogP contribution in [0.25, 0.3) is 0 Å². The van der Waals surface area contributed by atoms with Gasteiger partial charge in [0.25, 0.3) is 0 Å². The van der Waals surface area contributed by atoms with Gasteiger partial charge in [0.1, 0.15) is 0 Å². The lowest BCUT2D eigenvalue weighted by Gasteiger charge is -2.33. The van der Waals surface area contributed by atoms with E-state index in [1.165, 1.54) is 0 Å². The zero-order valence-corrected chi connectivity index (χ0v) is 14.5. The first-order chi connectivity index (χ1) is 7.83. The van der Waals surface area contributed by atoms with E-state index >= 15 is 0 Å². The molecule has 0 spiro atoms. The first kappa shape index (κ1) is 119. The molecule has 224 valence electrons. The first-order valence-electron chi connectivity index (χ1n) is 6.68. The van der Waals surface area contributed by atoms with Crippen molar-refractivity contribution in [2.45, 2.75) is 164 Å². The molecule has 5 heteroatoms. The van der Waals surface area contributed by atoms with E-state index in [4.69, 9.17) is 13.6 Å². The molecule has 0 rings (SSSR count). The number of ether oxygens (including phenoxy) is 2. The van der Waals surface area contributed by atoms with E-state index < -0.39 is 16.6 Å². The van der Waals surface area contributed by atoms with Crippen molar-refractivity contribution in [3.63, 3.8) is 0 Å². The maximum absolute atomic E-state index is 6.35. The summed E-state index contributed by atoms with van der Waals surface area (Å²) in [5, 5.41) is 0. The molecule has 32 heavy (non-hydrogen) atoms. The molecule has 0 heterocycles. The van der Waals surface area contributed by atoms with Crippen molar-refractivity contribution in [2.24, 2.45) is 0 Å². The van der Waals surface area contributed by atoms with Crippen molar-refractivity contribution in [3.05, 3.63) is 0 Å². The van der Waals surface area contributed by atoms with Crippen LogP contribution in [0, 0.1) is 0 Å². The van der Waals surface area contributed by atoms with E-state index in [2.05, 4.69) is 40.0 Å². The molecule has 0 unspecified atom stereocenters. The van der Waals surface area contributed by atoms with Gasteiger partial charge >= 0.3 is 0 Å². The lowest BCUT2D eigenvalue weighted by atomic mass is 10.5. The highest BCUT2D eigenvalue weighted by Gasteiger charge is 2.33. The van der Waals surface area contributed by atoms with Gasteiger partial charge in [-0.25, -0.2) is 0 Å². The SMILES string of the molecule is C.C.C.C.C.C.C.C.C.C.C.C.C.C.C.CCCOC[Si](C)(C)O[Si](C)(C)COCCC. The van der Waals surface area contributed by atoms with Crippen LogP contribution in [0.4, 0.5) is 0 Å². The van der Waals surface area contributed by atoms with Crippen molar-refractivity contribution in [1.29, 1.82) is 0 Å². The molecule has 0 aromatic rings. The summed E-state index contributed by atoms with van der Waals surface area (Å²) in [6, 6.07) is 0. The summed E-state index contributed by atoms with van der Waals surface area (Å²) in [6.45, 7) is 14.9. The second-order valence-corrected chi connectivity index (χ2v) is 14.2. The molecular formula is C27H90O3Si2. The predicted octanol–water partition coefficient (Wildman–Crippen LogP) is 12.9. The quantitative estimate of drug-likeness (QED) is 0.212. The maximum atomic E-state index is 6.35. The average Bonchev–Trinajstić information content (AvgIpc) is 2.16. The Morgan fingerprint density at radius 3 is 0.750 bits per heavy atom. The Labute approximate surface area is 220 Å². The monoisotopic (exact) mass is 519 g/mol. The van der Waals surface area contributed by atoms with E-state index in [1.807, 2.05) is 0 Å². The fourth-order valence-electron chi connectivity index (χ4n) is 1.73. The van der Waals surface area contributed by atoms with Crippen molar-refractivity contribution in [2.75, 3.05) is 25.7 Å². The molecule has 0 aliphatic rings. The molecule has 3 nitrogen and oxygen atoms in total. The fraction of sp³-hybridized carbons (Fsp3) is 1.00. The van der Waals surface area contributed by atoms with Gasteiger partial charge < -0.3 is 13.6 Å². The average molecular weight is 519 g/mol. The minimum atomic E-state index is -1.68. The minimum absolute atomic E-state index is 0. The van der Waals surface area contributed by atoms with Gasteiger partial charge in [-0.1, -0.05) is 125 Å². The van der Waals surface area contributed by atoms with Gasteiger partial charge in [0, 0.05) is 13.2 Å². The molecule has 0 saturated carbocycles. The van der Waals surface area contributed by atoms with Crippen LogP contribution in [-0.2, 0) is 13.6 Å². The highest BCUT2D eigenvalue weighted by atomic mass is 28.4. The Kier molecular flexibility index (Phi) is 236. The molecule has 0 aliphatic heterocycles. The molecule has 0 fully saturated rings. The molecule has 0 atom stereocenters. The largest absolute Gasteiger partial charge is 0.453 e. The van der Waals surface area contributed by atoms with Gasteiger partial charge in [0.05, 0.1) is 12.5 Å². The fourth-order valence-corrected chi connectivity index (χ4v) is 9.46. The molecule has 0 aromatic carbocycles. The number of hydrogen-bond donors (Lipinski definition) is 0. The van der Waals surface area contributed by atoms with Gasteiger partial charge in [0.2, 0.25) is 0 Å². The third-order valence-electron chi connectivity index (χ3n) is 2.15. The standard InChI is InChI=1S/C12H30O3Si2.15CH4/c1-7-9-13-11-16(3,4)15-17(5,6)12-14-10-8-2;;;;;;;;;;;;;;;/h7-12H2,1-6H3;15*1H4. The second kappa shape index (κ2) is 63.3. The van der Waals surface area contributed by atoms with Crippen LogP contribution in [0.15, 0.2) is 0 Å². The van der Waals surface area contributed by atoms with Crippen LogP contribution >= 0.6 is 0 Å². The summed E-state index contributed by atoms with van der Waals surface area (Å²) >= 11 is 0. The maximum Gasteiger partial charge on any atom is 0.199 e. The molecule has 0 amide bonds. The Morgan fingerprint density at radius 2 is 0.594 bits per heavy atom. The van der Waals surface area contributed by atoms with Crippen LogP contribution in [0.5, 0.6) is 0 Å². The van der Waals surface area contributed by atoms with Gasteiger partial charge in [-0.3, -0.25) is 0 Å². The minimum Gasteiger partial charge on any atom is -0.453 e. The Hall–Kier alpha value is 0.314. The molecule has 0 saturated heterocycles. The van der Waals surface area contributed by atoms with E-state index in [-0.39, 0.29) is 111 Å². The van der Waals surface area contributed by atoms with Gasteiger partial charge in [0.15, 0.2) is 16.6 Å². The summed E-state index contributed by atoms with van der Waals surface area (Å²) in [5.74, 6) is 0. The molecule has 0 aromatic heterocycles. The van der Waals surface area contributed by atoms with Crippen molar-refractivity contribution in [1.82, 2.24) is 0 Å². The lowest BCUT2D eigenvalue weighted by molar-refractivity contribution is 0.155. The van der Waals surface area contributed by atoms with Crippen LogP contribution in [0.2, 0.25) is 26.2 Å². The van der Waals surface area contributed by atoms with E-state index in [1.54, 1.807) is 0 Å². The zero-order valence-electron chi connectivity index (χ0n) is 12.5. The van der Waals surface area contributed by atoms with Gasteiger partial charge in [-0.05, 0) is 39.0 Å². The lowest BCUT2D eigenvalue weighted by Crippen LogP contribution is -2.50. The topological polar surface area (TPSA) is 27.7 Å². The molecule has 0 bridgehead atoms. The summed E-state index contributed by atoms with van der Waals surface area (Å²) in [6.07, 6.45) is 3.74. The van der Waals surface area contributed by atoms with Gasteiger partial charge in [-0.15, -0.1) is 0 Å². The molecule has 0 aliphatic carbocycles. The second-order valence-electron chi connectivity index (χ2n) is 5.73. The third-order valence-corrected chi connectivity index (χ3v) is 8.37. The number of hydrogen-bond acceptors (Lipinski definition) is 3. The smallest absolute Gasteiger partial charge is 0.199 e. The van der Waals surface area contributed by atoms with Crippen LogP contribution in [0.1, 0.15) is 138 Å². The van der Waals surface area contributed by atoms with Crippen molar-refractivity contribution >= 4 is 16.6 Å². The molecule has 0 N–H and O–H groups in total. The zero-order chi connectivity index (χ0) is 13.4. The van der Waals surface area contributed by atoms with Crippen LogP contribution < -0.4 is 0 Å². The summed E-state index contributed by atoms with van der Waals surface area (Å²) < 4.78 is 17.6. The first-order valence-corrected chi connectivity index (χ1v) is 12.9. The Morgan fingerprint density at radius 1 is 0.406 bits per heavy atom. The van der Waals surface area contributed by atoms with Crippen LogP contribution in [0.3, 0.4) is 0 Å². The highest BCUT2D eigenvalue weighted by Crippen LogP contribution is 2.15. The van der Waals surface area contributed by atoms with Crippen LogP contribution in [-0.4, -0.2) is 42.3 Å². The summed E-state index contributed by atoms with van der Waals surface area (Å²) in [4.78, 5) is 0. The predicted molar refractivity (Wildman–Crippen MR) is 179 cm³/mol. The Bertz CT molecular complexity index is 181. The van der Waals surface area contributed by atoms with E-state index in [9.17, 15) is 0 Å². The third kappa shape index (κ3) is 77.7. The summed E-state index contributed by atoms with van der Waals surface area (Å²) in [5.41, 5.74) is 0. The number of rotatable bonds is 10. The highest BCUT2D eigenvalue weighted by molar-refractivity contribution is 6.84. The normalized spacial score (nSPS) is 6.94. The molecule has 0 radical (unpaired) electrons. The van der Waals surface area contributed by atoms with Gasteiger partial charge in [-0.2, -0.15) is 0 Å². The summed E-state index contributed by atoms with van der Waals surface area (Å²) in [7, 11) is -3.35. The van der Waals surface area contributed by atoms with Crippen molar-refractivity contribution in [3.8, 4) is 0 Å².